The largest absolute Gasteiger partial charge is 0.476 e. The molecule has 7 heteroatoms. The first kappa shape index (κ1) is 14.1. The van der Waals surface area contributed by atoms with E-state index in [0.717, 1.165) is 11.1 Å². The van der Waals surface area contributed by atoms with Crippen molar-refractivity contribution in [3.63, 3.8) is 0 Å². The summed E-state index contributed by atoms with van der Waals surface area (Å²) < 4.78 is 3.20. The molecule has 0 fully saturated rings. The van der Waals surface area contributed by atoms with Gasteiger partial charge in [-0.3, -0.25) is 9.25 Å². The SMILES string of the molecule is CC(C)n1c(=O)[nH]c2cc(-c3cc(C(=O)O)nn3C)ccc21. The zero-order chi connectivity index (χ0) is 16.0. The van der Waals surface area contributed by atoms with Gasteiger partial charge < -0.3 is 10.1 Å². The number of aryl methyl sites for hydroxylation is 1. The fourth-order valence-corrected chi connectivity index (χ4v) is 2.65. The predicted molar refractivity (Wildman–Crippen MR) is 82.1 cm³/mol. The van der Waals surface area contributed by atoms with Gasteiger partial charge in [-0.2, -0.15) is 5.10 Å². The van der Waals surface area contributed by atoms with Gasteiger partial charge in [-0.25, -0.2) is 9.59 Å². The molecule has 0 bridgehead atoms. The number of aromatic amines is 1. The maximum absolute atomic E-state index is 12.0. The number of carbonyl (C=O) groups is 1. The smallest absolute Gasteiger partial charge is 0.356 e. The summed E-state index contributed by atoms with van der Waals surface area (Å²) in [6.45, 7) is 3.89. The molecule has 3 aromatic rings. The van der Waals surface area contributed by atoms with E-state index in [1.54, 1.807) is 11.6 Å². The Labute approximate surface area is 125 Å². The Morgan fingerprint density at radius 3 is 2.64 bits per heavy atom. The van der Waals surface area contributed by atoms with Crippen LogP contribution in [0.1, 0.15) is 30.4 Å². The van der Waals surface area contributed by atoms with Crippen molar-refractivity contribution in [1.29, 1.82) is 0 Å². The van der Waals surface area contributed by atoms with Crippen LogP contribution in [0.2, 0.25) is 0 Å². The third kappa shape index (κ3) is 2.11. The Morgan fingerprint density at radius 1 is 1.32 bits per heavy atom. The molecule has 0 saturated carbocycles. The lowest BCUT2D eigenvalue weighted by molar-refractivity contribution is 0.0689. The average molecular weight is 300 g/mol. The van der Waals surface area contributed by atoms with Gasteiger partial charge in [0.15, 0.2) is 5.69 Å². The molecule has 0 amide bonds. The minimum atomic E-state index is -1.07. The molecule has 2 heterocycles. The fraction of sp³-hybridized carbons (Fsp3) is 0.267. The molecule has 0 aliphatic rings. The Balaban J connectivity index is 2.18. The van der Waals surface area contributed by atoms with Gasteiger partial charge >= 0.3 is 11.7 Å². The van der Waals surface area contributed by atoms with Crippen LogP contribution in [0.4, 0.5) is 0 Å². The van der Waals surface area contributed by atoms with Gasteiger partial charge in [-0.15, -0.1) is 0 Å². The zero-order valence-electron chi connectivity index (χ0n) is 12.5. The van der Waals surface area contributed by atoms with Crippen LogP contribution in [0.5, 0.6) is 0 Å². The standard InChI is InChI=1S/C15H16N4O3/c1-8(2)19-12-5-4-9(6-10(12)16-15(19)22)13-7-11(14(20)21)17-18(13)3/h4-8H,1-3H3,(H,16,22)(H,20,21). The first-order chi connectivity index (χ1) is 10.4. The minimum absolute atomic E-state index is 0.00848. The van der Waals surface area contributed by atoms with Crippen LogP contribution in [0.3, 0.4) is 0 Å². The van der Waals surface area contributed by atoms with Crippen molar-refractivity contribution in [2.75, 3.05) is 0 Å². The molecule has 2 aromatic heterocycles. The number of rotatable bonds is 3. The highest BCUT2D eigenvalue weighted by atomic mass is 16.4. The van der Waals surface area contributed by atoms with Crippen LogP contribution in [0.15, 0.2) is 29.1 Å². The summed E-state index contributed by atoms with van der Waals surface area (Å²) >= 11 is 0. The van der Waals surface area contributed by atoms with Crippen molar-refractivity contribution >= 4 is 17.0 Å². The highest BCUT2D eigenvalue weighted by Crippen LogP contribution is 2.24. The summed E-state index contributed by atoms with van der Waals surface area (Å²) in [5, 5.41) is 13.0. The second-order valence-corrected chi connectivity index (χ2v) is 5.47. The zero-order valence-corrected chi connectivity index (χ0v) is 12.5. The quantitative estimate of drug-likeness (QED) is 0.773. The Morgan fingerprint density at radius 2 is 2.05 bits per heavy atom. The van der Waals surface area contributed by atoms with E-state index in [2.05, 4.69) is 10.1 Å². The number of nitrogens with one attached hydrogen (secondary N) is 1. The molecule has 114 valence electrons. The number of benzene rings is 1. The maximum Gasteiger partial charge on any atom is 0.356 e. The molecule has 0 unspecified atom stereocenters. The van der Waals surface area contributed by atoms with Crippen molar-refractivity contribution < 1.29 is 9.90 Å². The molecular weight excluding hydrogens is 284 g/mol. The van der Waals surface area contributed by atoms with E-state index in [4.69, 9.17) is 5.11 Å². The second kappa shape index (κ2) is 4.87. The van der Waals surface area contributed by atoms with Gasteiger partial charge in [-0.1, -0.05) is 6.07 Å². The number of carboxylic acids is 1. The number of aromatic nitrogens is 4. The van der Waals surface area contributed by atoms with Crippen molar-refractivity contribution in [3.8, 4) is 11.3 Å². The number of carboxylic acid groups (broad SMARTS) is 1. The summed E-state index contributed by atoms with van der Waals surface area (Å²) in [7, 11) is 1.69. The number of H-pyrrole nitrogens is 1. The monoisotopic (exact) mass is 300 g/mol. The molecule has 1 aromatic carbocycles. The summed E-state index contributed by atoms with van der Waals surface area (Å²) in [6.07, 6.45) is 0. The number of aromatic carboxylic acids is 1. The van der Waals surface area contributed by atoms with Gasteiger partial charge in [0.2, 0.25) is 0 Å². The van der Waals surface area contributed by atoms with Gasteiger partial charge in [0, 0.05) is 18.7 Å². The van der Waals surface area contributed by atoms with E-state index in [0.29, 0.717) is 11.2 Å². The Kier molecular flexibility index (Phi) is 3.13. The second-order valence-electron chi connectivity index (χ2n) is 5.47. The Hall–Kier alpha value is -2.83. The summed E-state index contributed by atoms with van der Waals surface area (Å²) in [5.74, 6) is -1.07. The van der Waals surface area contributed by atoms with Crippen molar-refractivity contribution in [2.24, 2.45) is 7.05 Å². The van der Waals surface area contributed by atoms with Crippen molar-refractivity contribution in [1.82, 2.24) is 19.3 Å². The molecule has 0 radical (unpaired) electrons. The molecule has 7 nitrogen and oxygen atoms in total. The van der Waals surface area contributed by atoms with Crippen molar-refractivity contribution in [3.05, 3.63) is 40.4 Å². The molecule has 0 atom stereocenters. The van der Waals surface area contributed by atoms with Crippen LogP contribution < -0.4 is 5.69 Å². The topological polar surface area (TPSA) is 92.9 Å². The summed E-state index contributed by atoms with van der Waals surface area (Å²) in [6, 6.07) is 7.12. The molecule has 0 aliphatic carbocycles. The van der Waals surface area contributed by atoms with Crippen LogP contribution in [-0.2, 0) is 7.05 Å². The normalized spacial score (nSPS) is 11.5. The van der Waals surface area contributed by atoms with E-state index in [1.807, 2.05) is 32.0 Å². The van der Waals surface area contributed by atoms with Crippen LogP contribution >= 0.6 is 0 Å². The molecule has 22 heavy (non-hydrogen) atoms. The third-order valence-corrected chi connectivity index (χ3v) is 3.63. The lowest BCUT2D eigenvalue weighted by Gasteiger charge is -2.07. The van der Waals surface area contributed by atoms with Gasteiger partial charge in [0.05, 0.1) is 16.7 Å². The highest BCUT2D eigenvalue weighted by molar-refractivity contribution is 5.88. The summed E-state index contributed by atoms with van der Waals surface area (Å²) in [5.41, 5.74) is 2.85. The van der Waals surface area contributed by atoms with E-state index < -0.39 is 5.97 Å². The number of nitrogens with zero attached hydrogens (tertiary/aromatic N) is 3. The minimum Gasteiger partial charge on any atom is -0.476 e. The Bertz CT molecular complexity index is 930. The van der Waals surface area contributed by atoms with Crippen LogP contribution in [-0.4, -0.2) is 30.4 Å². The van der Waals surface area contributed by atoms with E-state index in [9.17, 15) is 9.59 Å². The van der Waals surface area contributed by atoms with Gasteiger partial charge in [0.1, 0.15) is 0 Å². The first-order valence-corrected chi connectivity index (χ1v) is 6.90. The molecule has 0 spiro atoms. The maximum atomic E-state index is 12.0. The van der Waals surface area contributed by atoms with Crippen LogP contribution in [0, 0.1) is 0 Å². The molecular formula is C15H16N4O3. The molecule has 0 aliphatic heterocycles. The van der Waals surface area contributed by atoms with Crippen LogP contribution in [0.25, 0.3) is 22.3 Å². The number of hydrogen-bond donors (Lipinski definition) is 2. The predicted octanol–water partition coefficient (Wildman–Crippen LogP) is 2.01. The highest BCUT2D eigenvalue weighted by Gasteiger charge is 2.15. The fourth-order valence-electron chi connectivity index (χ4n) is 2.65. The first-order valence-electron chi connectivity index (χ1n) is 6.90. The average Bonchev–Trinajstić information content (AvgIpc) is 2.97. The molecule has 2 N–H and O–H groups in total. The summed E-state index contributed by atoms with van der Waals surface area (Å²) in [4.78, 5) is 25.8. The lowest BCUT2D eigenvalue weighted by Crippen LogP contribution is -2.18. The number of fused-ring (bicyclic) bond motifs is 1. The lowest BCUT2D eigenvalue weighted by atomic mass is 10.1. The van der Waals surface area contributed by atoms with Gasteiger partial charge in [0.25, 0.3) is 0 Å². The van der Waals surface area contributed by atoms with E-state index in [-0.39, 0.29) is 17.4 Å². The molecule has 3 rings (SSSR count). The number of imidazole rings is 1. The van der Waals surface area contributed by atoms with E-state index in [1.165, 1.54) is 10.7 Å². The third-order valence-electron chi connectivity index (χ3n) is 3.63. The number of hydrogen-bond acceptors (Lipinski definition) is 3. The van der Waals surface area contributed by atoms with E-state index >= 15 is 0 Å². The molecule has 0 saturated heterocycles. The van der Waals surface area contributed by atoms with Gasteiger partial charge in [-0.05, 0) is 32.0 Å². The van der Waals surface area contributed by atoms with Crippen molar-refractivity contribution in [2.45, 2.75) is 19.9 Å².